The zero-order valence-electron chi connectivity index (χ0n) is 12.4. The minimum atomic E-state index is -0.0158. The molecule has 0 rings (SSSR count). The van der Waals surface area contributed by atoms with Crippen molar-refractivity contribution in [1.82, 2.24) is 5.32 Å². The van der Waals surface area contributed by atoms with Gasteiger partial charge < -0.3 is 5.32 Å². The molecule has 0 bridgehead atoms. The Morgan fingerprint density at radius 3 is 2.32 bits per heavy atom. The smallest absolute Gasteiger partial charge is 0.243 e. The van der Waals surface area contributed by atoms with Gasteiger partial charge in [-0.05, 0) is 25.7 Å². The quantitative estimate of drug-likeness (QED) is 0.376. The van der Waals surface area contributed by atoms with Crippen LogP contribution in [0.25, 0.3) is 0 Å². The Hall–Kier alpha value is -1.57. The summed E-state index contributed by atoms with van der Waals surface area (Å²) in [6, 6.07) is 0. The van der Waals surface area contributed by atoms with Crippen molar-refractivity contribution in [3.8, 4) is 0 Å². The molecule has 2 nitrogen and oxygen atoms in total. The molecule has 1 unspecified atom stereocenters. The predicted octanol–water partition coefficient (Wildman–Crippen LogP) is 4.17. The predicted molar refractivity (Wildman–Crippen MR) is 83.9 cm³/mol. The van der Waals surface area contributed by atoms with Gasteiger partial charge in [-0.2, -0.15) is 0 Å². The third kappa shape index (κ3) is 12.7. The molecule has 0 saturated heterocycles. The molecule has 0 spiro atoms. The fourth-order valence-corrected chi connectivity index (χ4v) is 1.27. The maximum Gasteiger partial charge on any atom is 0.243 e. The Morgan fingerprint density at radius 1 is 1.11 bits per heavy atom. The molecule has 106 valence electrons. The molecule has 0 radical (unpaired) electrons. The van der Waals surface area contributed by atoms with Gasteiger partial charge in [0.2, 0.25) is 5.91 Å². The molecule has 0 aromatic heterocycles. The number of hydrogen-bond acceptors (Lipinski definition) is 1. The normalized spacial score (nSPS) is 14.1. The standard InChI is InChI=1S/C17H27NO/c1-4-6-7-8-9-10-11-12-13-14-17(19)18-15-16(3)5-2/h4,6-8,11-14,16H,5,9-10,15H2,1-3H3,(H,18,19)/b6-4+,8-7+,12-11+,14-13+. The fourth-order valence-electron chi connectivity index (χ4n) is 1.27. The first-order chi connectivity index (χ1) is 9.20. The molecule has 1 atom stereocenters. The van der Waals surface area contributed by atoms with Crippen LogP contribution in [0.3, 0.4) is 0 Å². The minimum Gasteiger partial charge on any atom is -0.352 e. The maximum atomic E-state index is 11.4. The van der Waals surface area contributed by atoms with Gasteiger partial charge in [0.1, 0.15) is 0 Å². The molecule has 0 saturated carbocycles. The van der Waals surface area contributed by atoms with Crippen molar-refractivity contribution in [1.29, 1.82) is 0 Å². The Balaban J connectivity index is 3.68. The second-order valence-electron chi connectivity index (χ2n) is 4.58. The number of allylic oxidation sites excluding steroid dienone is 7. The van der Waals surface area contributed by atoms with E-state index in [0.29, 0.717) is 5.92 Å². The topological polar surface area (TPSA) is 29.1 Å². The van der Waals surface area contributed by atoms with E-state index in [1.165, 1.54) is 0 Å². The molecule has 1 N–H and O–H groups in total. The SMILES string of the molecule is C/C=C/C=C/CC/C=C/C=C/C(=O)NCC(C)CC. The van der Waals surface area contributed by atoms with Crippen molar-refractivity contribution >= 4 is 5.91 Å². The summed E-state index contributed by atoms with van der Waals surface area (Å²) in [6.07, 6.45) is 18.7. The van der Waals surface area contributed by atoms with Gasteiger partial charge in [-0.25, -0.2) is 0 Å². The largest absolute Gasteiger partial charge is 0.352 e. The second-order valence-corrected chi connectivity index (χ2v) is 4.58. The Morgan fingerprint density at radius 2 is 1.74 bits per heavy atom. The molecule has 0 aliphatic rings. The van der Waals surface area contributed by atoms with Gasteiger partial charge in [0.15, 0.2) is 0 Å². The van der Waals surface area contributed by atoms with E-state index in [4.69, 9.17) is 0 Å². The summed E-state index contributed by atoms with van der Waals surface area (Å²) in [4.78, 5) is 11.4. The van der Waals surface area contributed by atoms with Crippen LogP contribution in [0.4, 0.5) is 0 Å². The van der Waals surface area contributed by atoms with Crippen LogP contribution in [0.2, 0.25) is 0 Å². The average Bonchev–Trinajstić information content (AvgIpc) is 2.42. The monoisotopic (exact) mass is 261 g/mol. The Bertz CT molecular complexity index is 337. The number of rotatable bonds is 9. The molecule has 0 aromatic carbocycles. The first kappa shape index (κ1) is 17.4. The summed E-state index contributed by atoms with van der Waals surface area (Å²) >= 11 is 0. The molecule has 1 amide bonds. The first-order valence-electron chi connectivity index (χ1n) is 7.09. The Labute approximate surface area is 118 Å². The number of carbonyl (C=O) groups excluding carboxylic acids is 1. The number of hydrogen-bond donors (Lipinski definition) is 1. The van der Waals surface area contributed by atoms with Crippen molar-refractivity contribution in [2.45, 2.75) is 40.0 Å². The van der Waals surface area contributed by atoms with E-state index in [-0.39, 0.29) is 5.91 Å². The van der Waals surface area contributed by atoms with Gasteiger partial charge in [0.05, 0.1) is 0 Å². The molecule has 0 aliphatic heterocycles. The zero-order chi connectivity index (χ0) is 14.3. The maximum absolute atomic E-state index is 11.4. The summed E-state index contributed by atoms with van der Waals surface area (Å²) in [6.45, 7) is 7.01. The Kier molecular flexibility index (Phi) is 11.8. The van der Waals surface area contributed by atoms with Crippen LogP contribution >= 0.6 is 0 Å². The van der Waals surface area contributed by atoms with Gasteiger partial charge in [-0.15, -0.1) is 0 Å². The van der Waals surface area contributed by atoms with Crippen LogP contribution in [0.1, 0.15) is 40.0 Å². The number of unbranched alkanes of at least 4 members (excludes halogenated alkanes) is 1. The molecule has 0 aromatic rings. The third-order valence-corrected chi connectivity index (χ3v) is 2.76. The first-order valence-corrected chi connectivity index (χ1v) is 7.09. The van der Waals surface area contributed by atoms with Gasteiger partial charge >= 0.3 is 0 Å². The van der Waals surface area contributed by atoms with E-state index < -0.39 is 0 Å². The van der Waals surface area contributed by atoms with E-state index in [0.717, 1.165) is 25.8 Å². The lowest BCUT2D eigenvalue weighted by Crippen LogP contribution is -2.26. The van der Waals surface area contributed by atoms with Crippen molar-refractivity contribution in [3.63, 3.8) is 0 Å². The van der Waals surface area contributed by atoms with Crippen molar-refractivity contribution in [3.05, 3.63) is 48.6 Å². The highest BCUT2D eigenvalue weighted by molar-refractivity contribution is 5.87. The van der Waals surface area contributed by atoms with Gasteiger partial charge in [-0.1, -0.05) is 62.8 Å². The highest BCUT2D eigenvalue weighted by Gasteiger charge is 1.99. The lowest BCUT2D eigenvalue weighted by molar-refractivity contribution is -0.116. The number of amides is 1. The van der Waals surface area contributed by atoms with Crippen molar-refractivity contribution < 1.29 is 4.79 Å². The van der Waals surface area contributed by atoms with Gasteiger partial charge in [0.25, 0.3) is 0 Å². The summed E-state index contributed by atoms with van der Waals surface area (Å²) < 4.78 is 0. The summed E-state index contributed by atoms with van der Waals surface area (Å²) in [5.74, 6) is 0.523. The molecule has 19 heavy (non-hydrogen) atoms. The third-order valence-electron chi connectivity index (χ3n) is 2.76. The fraction of sp³-hybridized carbons (Fsp3) is 0.471. The van der Waals surface area contributed by atoms with Crippen LogP contribution in [0.15, 0.2) is 48.6 Å². The summed E-state index contributed by atoms with van der Waals surface area (Å²) in [5, 5.41) is 2.88. The van der Waals surface area contributed by atoms with Crippen LogP contribution in [-0.2, 0) is 4.79 Å². The van der Waals surface area contributed by atoms with Crippen LogP contribution in [0.5, 0.6) is 0 Å². The van der Waals surface area contributed by atoms with E-state index in [2.05, 4.69) is 31.3 Å². The second kappa shape index (κ2) is 12.9. The highest BCUT2D eigenvalue weighted by Crippen LogP contribution is 1.97. The minimum absolute atomic E-state index is 0.0158. The average molecular weight is 261 g/mol. The van der Waals surface area contributed by atoms with Crippen molar-refractivity contribution in [2.24, 2.45) is 5.92 Å². The number of carbonyl (C=O) groups is 1. The lowest BCUT2D eigenvalue weighted by atomic mass is 10.1. The molecule has 0 heterocycles. The zero-order valence-corrected chi connectivity index (χ0v) is 12.4. The highest BCUT2D eigenvalue weighted by atomic mass is 16.1. The molecule has 2 heteroatoms. The summed E-state index contributed by atoms with van der Waals surface area (Å²) in [5.41, 5.74) is 0. The summed E-state index contributed by atoms with van der Waals surface area (Å²) in [7, 11) is 0. The lowest BCUT2D eigenvalue weighted by Gasteiger charge is -2.07. The van der Waals surface area contributed by atoms with E-state index in [1.54, 1.807) is 12.2 Å². The molecule has 0 aliphatic carbocycles. The van der Waals surface area contributed by atoms with E-state index >= 15 is 0 Å². The molecular weight excluding hydrogens is 234 g/mol. The van der Waals surface area contributed by atoms with E-state index in [9.17, 15) is 4.79 Å². The van der Waals surface area contributed by atoms with Crippen LogP contribution in [-0.4, -0.2) is 12.5 Å². The van der Waals surface area contributed by atoms with E-state index in [1.807, 2.05) is 31.2 Å². The van der Waals surface area contributed by atoms with Gasteiger partial charge in [0, 0.05) is 12.6 Å². The van der Waals surface area contributed by atoms with Crippen molar-refractivity contribution in [2.75, 3.05) is 6.54 Å². The van der Waals surface area contributed by atoms with Gasteiger partial charge in [-0.3, -0.25) is 4.79 Å². The van der Waals surface area contributed by atoms with Crippen LogP contribution in [0, 0.1) is 5.92 Å². The molecular formula is C17H27NO. The van der Waals surface area contributed by atoms with Crippen LogP contribution < -0.4 is 5.32 Å². The molecule has 0 fully saturated rings. The number of nitrogens with one attached hydrogen (secondary N) is 1.